The van der Waals surface area contributed by atoms with E-state index < -0.39 is 6.10 Å². The van der Waals surface area contributed by atoms with Crippen LogP contribution in [0.4, 0.5) is 0 Å². The molecule has 0 bridgehead atoms. The quantitative estimate of drug-likeness (QED) is 0.563. The van der Waals surface area contributed by atoms with Gasteiger partial charge in [-0.1, -0.05) is 25.1 Å². The van der Waals surface area contributed by atoms with Crippen molar-refractivity contribution < 1.29 is 9.90 Å². The summed E-state index contributed by atoms with van der Waals surface area (Å²) in [5.74, 6) is 0.865. The minimum Gasteiger partial charge on any atom is -0.382 e. The van der Waals surface area contributed by atoms with Gasteiger partial charge in [0.2, 0.25) is 0 Å². The molecule has 0 saturated carbocycles. The van der Waals surface area contributed by atoms with Gasteiger partial charge < -0.3 is 10.4 Å². The van der Waals surface area contributed by atoms with E-state index in [9.17, 15) is 9.90 Å². The van der Waals surface area contributed by atoms with Crippen molar-refractivity contribution in [3.05, 3.63) is 74.1 Å². The summed E-state index contributed by atoms with van der Waals surface area (Å²) in [7, 11) is 0. The second kappa shape index (κ2) is 8.67. The zero-order valence-corrected chi connectivity index (χ0v) is 16.2. The van der Waals surface area contributed by atoms with Crippen molar-refractivity contribution in [2.24, 2.45) is 0 Å². The molecule has 3 nitrogen and oxygen atoms in total. The fourth-order valence-electron chi connectivity index (χ4n) is 2.42. The van der Waals surface area contributed by atoms with Crippen molar-refractivity contribution in [3.63, 3.8) is 0 Å². The minimum atomic E-state index is -0.587. The number of rotatable bonds is 7. The molecule has 0 aliphatic heterocycles. The van der Waals surface area contributed by atoms with Crippen molar-refractivity contribution in [2.45, 2.75) is 24.5 Å². The second-order valence-electron chi connectivity index (χ2n) is 5.33. The number of hydrogen-bond donors (Lipinski definition) is 2. The third-order valence-corrected chi connectivity index (χ3v) is 6.64. The average molecular weight is 390 g/mol. The summed E-state index contributed by atoms with van der Waals surface area (Å²) in [4.78, 5) is 16.3. The molecule has 1 amide bonds. The Balaban J connectivity index is 1.63. The Morgan fingerprint density at radius 2 is 2.00 bits per heavy atom. The van der Waals surface area contributed by atoms with Gasteiger partial charge in [0.1, 0.15) is 6.10 Å². The highest BCUT2D eigenvalue weighted by molar-refractivity contribution is 7.99. The Labute approximate surface area is 159 Å². The number of thioether (sulfide) groups is 1. The lowest BCUT2D eigenvalue weighted by atomic mass is 10.2. The molecule has 0 saturated heterocycles. The monoisotopic (exact) mass is 389 g/mol. The summed E-state index contributed by atoms with van der Waals surface area (Å²) in [6, 6.07) is 15.4. The van der Waals surface area contributed by atoms with Crippen LogP contribution in [0.2, 0.25) is 0 Å². The molecule has 3 rings (SSSR count). The van der Waals surface area contributed by atoms with Crippen molar-refractivity contribution in [2.75, 3.05) is 5.75 Å². The molecule has 1 aromatic carbocycles. The van der Waals surface area contributed by atoms with Gasteiger partial charge >= 0.3 is 0 Å². The van der Waals surface area contributed by atoms with Gasteiger partial charge in [0.25, 0.3) is 5.91 Å². The van der Waals surface area contributed by atoms with E-state index in [-0.39, 0.29) is 5.91 Å². The van der Waals surface area contributed by atoms with Crippen molar-refractivity contribution in [3.8, 4) is 0 Å². The minimum absolute atomic E-state index is 0.0645. The maximum atomic E-state index is 12.5. The summed E-state index contributed by atoms with van der Waals surface area (Å²) >= 11 is 4.74. The highest BCUT2D eigenvalue weighted by atomic mass is 32.2. The van der Waals surface area contributed by atoms with E-state index in [2.05, 4.69) is 12.2 Å². The van der Waals surface area contributed by atoms with Crippen molar-refractivity contribution in [1.82, 2.24) is 5.32 Å². The van der Waals surface area contributed by atoms with Gasteiger partial charge in [-0.15, -0.1) is 34.4 Å². The maximum Gasteiger partial charge on any atom is 0.252 e. The Hall–Kier alpha value is -1.60. The number of nitrogens with one attached hydrogen (secondary N) is 1. The Bertz CT molecular complexity index is 827. The smallest absolute Gasteiger partial charge is 0.252 e. The molecule has 2 N–H and O–H groups in total. The van der Waals surface area contributed by atoms with E-state index in [0.717, 1.165) is 25.3 Å². The van der Waals surface area contributed by atoms with E-state index in [4.69, 9.17) is 0 Å². The van der Waals surface area contributed by atoms with E-state index in [0.29, 0.717) is 12.1 Å². The second-order valence-corrected chi connectivity index (χ2v) is 8.82. The third-order valence-electron chi connectivity index (χ3n) is 3.62. The van der Waals surface area contributed by atoms with Crippen LogP contribution in [0.25, 0.3) is 0 Å². The molecule has 130 valence electrons. The predicted octanol–water partition coefficient (Wildman–Crippen LogP) is 4.93. The van der Waals surface area contributed by atoms with Crippen LogP contribution < -0.4 is 5.32 Å². The number of amides is 1. The normalized spacial score (nSPS) is 12.1. The zero-order chi connectivity index (χ0) is 17.6. The first-order valence-corrected chi connectivity index (χ1v) is 10.7. The summed E-state index contributed by atoms with van der Waals surface area (Å²) in [5.41, 5.74) is 0.713. The van der Waals surface area contributed by atoms with Crippen molar-refractivity contribution in [1.29, 1.82) is 0 Å². The molecule has 0 fully saturated rings. The molecule has 2 aromatic heterocycles. The number of carbonyl (C=O) groups is 1. The van der Waals surface area contributed by atoms with Crippen molar-refractivity contribution >= 4 is 40.3 Å². The fraction of sp³-hybridized carbons (Fsp3) is 0.211. The van der Waals surface area contributed by atoms with E-state index >= 15 is 0 Å². The molecule has 25 heavy (non-hydrogen) atoms. The fourth-order valence-corrected chi connectivity index (χ4v) is 4.98. The third kappa shape index (κ3) is 4.52. The van der Waals surface area contributed by atoms with Crippen LogP contribution in [0.3, 0.4) is 0 Å². The number of carbonyl (C=O) groups excluding carboxylic acids is 1. The number of hydrogen-bond acceptors (Lipinski definition) is 5. The lowest BCUT2D eigenvalue weighted by molar-refractivity contribution is 0.0948. The molecule has 0 radical (unpaired) electrons. The molecule has 1 unspecified atom stereocenters. The molecular formula is C19H19NO2S3. The van der Waals surface area contributed by atoms with Gasteiger partial charge in [0.15, 0.2) is 0 Å². The Morgan fingerprint density at radius 3 is 2.76 bits per heavy atom. The highest BCUT2D eigenvalue weighted by Crippen LogP contribution is 2.31. The van der Waals surface area contributed by atoms with E-state index in [1.807, 2.05) is 53.9 Å². The number of thiophene rings is 2. The number of aliphatic hydroxyl groups excluding tert-OH is 1. The summed E-state index contributed by atoms with van der Waals surface area (Å²) in [5, 5.41) is 15.3. The van der Waals surface area contributed by atoms with Gasteiger partial charge in [-0.3, -0.25) is 4.79 Å². The zero-order valence-electron chi connectivity index (χ0n) is 13.8. The summed E-state index contributed by atoms with van der Waals surface area (Å²) in [6.07, 6.45) is -0.587. The van der Waals surface area contributed by atoms with Gasteiger partial charge in [0.05, 0.1) is 12.1 Å². The maximum absolute atomic E-state index is 12.5. The summed E-state index contributed by atoms with van der Waals surface area (Å²) in [6.45, 7) is 2.54. The Kier molecular flexibility index (Phi) is 6.31. The van der Waals surface area contributed by atoms with Crippen LogP contribution in [0.1, 0.15) is 38.0 Å². The van der Waals surface area contributed by atoms with Crippen LogP contribution in [-0.4, -0.2) is 16.8 Å². The first-order chi connectivity index (χ1) is 12.2. The average Bonchev–Trinajstić information content (AvgIpc) is 3.32. The van der Waals surface area contributed by atoms with Crippen LogP contribution in [0, 0.1) is 0 Å². The first kappa shape index (κ1) is 18.2. The van der Waals surface area contributed by atoms with Gasteiger partial charge in [-0.05, 0) is 41.5 Å². The van der Waals surface area contributed by atoms with Crippen LogP contribution in [-0.2, 0) is 6.54 Å². The predicted molar refractivity (Wildman–Crippen MR) is 107 cm³/mol. The number of aliphatic hydroxyl groups is 1. The van der Waals surface area contributed by atoms with E-state index in [1.165, 1.54) is 11.3 Å². The van der Waals surface area contributed by atoms with Crippen LogP contribution >= 0.6 is 34.4 Å². The largest absolute Gasteiger partial charge is 0.382 e. The molecule has 0 spiro atoms. The number of benzene rings is 1. The summed E-state index contributed by atoms with van der Waals surface area (Å²) < 4.78 is 0. The van der Waals surface area contributed by atoms with Gasteiger partial charge in [0, 0.05) is 19.5 Å². The molecule has 2 heterocycles. The molecular weight excluding hydrogens is 370 g/mol. The molecule has 0 aliphatic rings. The van der Waals surface area contributed by atoms with Crippen LogP contribution in [0.15, 0.2) is 58.8 Å². The Morgan fingerprint density at radius 1 is 1.16 bits per heavy atom. The lowest BCUT2D eigenvalue weighted by Gasteiger charge is -2.08. The molecule has 6 heteroatoms. The van der Waals surface area contributed by atoms with Gasteiger partial charge in [-0.2, -0.15) is 0 Å². The van der Waals surface area contributed by atoms with Gasteiger partial charge in [-0.25, -0.2) is 0 Å². The molecule has 3 aromatic rings. The van der Waals surface area contributed by atoms with E-state index in [1.54, 1.807) is 23.1 Å². The molecule has 0 aliphatic carbocycles. The highest BCUT2D eigenvalue weighted by Gasteiger charge is 2.15. The topological polar surface area (TPSA) is 49.3 Å². The standard InChI is InChI=1S/C19H19NO2S3/c1-2-23-15-7-4-3-6-14(15)19(22)20-12-13-9-10-17(25-13)18(21)16-8-5-11-24-16/h3-11,18,21H,2,12H2,1H3,(H,20,22). The lowest BCUT2D eigenvalue weighted by Crippen LogP contribution is -2.22. The SMILES string of the molecule is CCSc1ccccc1C(=O)NCc1ccc(C(O)c2cccs2)s1. The first-order valence-electron chi connectivity index (χ1n) is 7.99. The van der Waals surface area contributed by atoms with Crippen LogP contribution in [0.5, 0.6) is 0 Å². The molecule has 1 atom stereocenters.